The summed E-state index contributed by atoms with van der Waals surface area (Å²) in [5.41, 5.74) is 4.00. The van der Waals surface area contributed by atoms with Crippen LogP contribution in [0.25, 0.3) is 11.3 Å². The van der Waals surface area contributed by atoms with Crippen LogP contribution in [0.4, 0.5) is 0 Å². The van der Waals surface area contributed by atoms with Gasteiger partial charge in [-0.2, -0.15) is 5.10 Å². The van der Waals surface area contributed by atoms with Crippen molar-refractivity contribution in [2.45, 2.75) is 6.42 Å². The third-order valence-electron chi connectivity index (χ3n) is 4.29. The quantitative estimate of drug-likeness (QED) is 0.392. The van der Waals surface area contributed by atoms with Crippen molar-refractivity contribution in [3.8, 4) is 11.3 Å². The zero-order chi connectivity index (χ0) is 19.9. The van der Waals surface area contributed by atoms with Gasteiger partial charge in [-0.3, -0.25) is 9.98 Å². The highest BCUT2D eigenvalue weighted by molar-refractivity contribution is 7.07. The predicted octanol–water partition coefficient (Wildman–Crippen LogP) is 5.29. The van der Waals surface area contributed by atoms with Crippen molar-refractivity contribution in [2.75, 3.05) is 6.54 Å². The fraction of sp³-hybridized carbons (Fsp3) is 0.0870. The first kappa shape index (κ1) is 19.3. The molecule has 2 aromatic heterocycles. The Kier molecular flexibility index (Phi) is 6.29. The molecule has 2 heterocycles. The topological polar surface area (TPSA) is 42.5 Å². The highest BCUT2D eigenvalue weighted by atomic mass is 35.5. The first-order valence-corrected chi connectivity index (χ1v) is 10.5. The van der Waals surface area contributed by atoms with Crippen LogP contribution in [0.5, 0.6) is 0 Å². The average Bonchev–Trinajstić information content (AvgIpc) is 3.16. The zero-order valence-electron chi connectivity index (χ0n) is 15.6. The Morgan fingerprint density at radius 1 is 1.00 bits per heavy atom. The van der Waals surface area contributed by atoms with Gasteiger partial charge in [0.15, 0.2) is 0 Å². The zero-order valence-corrected chi connectivity index (χ0v) is 17.2. The molecule has 0 aliphatic rings. The Morgan fingerprint density at radius 2 is 1.86 bits per heavy atom. The largest absolute Gasteiger partial charge is 0.257 e. The highest BCUT2D eigenvalue weighted by Crippen LogP contribution is 2.23. The van der Waals surface area contributed by atoms with Gasteiger partial charge in [0.1, 0.15) is 0 Å². The number of halogens is 1. The normalized spacial score (nSPS) is 12.0. The summed E-state index contributed by atoms with van der Waals surface area (Å²) in [4.78, 5) is 9.95. The summed E-state index contributed by atoms with van der Waals surface area (Å²) in [5, 5.41) is 7.42. The second-order valence-corrected chi connectivity index (χ2v) is 7.62. The minimum atomic E-state index is 0.691. The molecule has 4 nitrogen and oxygen atoms in total. The lowest BCUT2D eigenvalue weighted by atomic mass is 10.2. The summed E-state index contributed by atoms with van der Waals surface area (Å²) >= 11 is 7.77. The molecular formula is C23H19ClN4S. The third-order valence-corrected chi connectivity index (χ3v) is 5.38. The summed E-state index contributed by atoms with van der Waals surface area (Å²) < 4.78 is 1.86. The molecule has 0 saturated carbocycles. The predicted molar refractivity (Wildman–Crippen MR) is 121 cm³/mol. The van der Waals surface area contributed by atoms with Crippen LogP contribution in [-0.4, -0.2) is 22.4 Å². The first-order valence-electron chi connectivity index (χ1n) is 9.26. The molecule has 0 aliphatic heterocycles. The Bertz CT molecular complexity index is 1160. The van der Waals surface area contributed by atoms with Crippen LogP contribution in [0.15, 0.2) is 94.5 Å². The van der Waals surface area contributed by atoms with Crippen molar-refractivity contribution in [1.82, 2.24) is 9.66 Å². The molecule has 0 radical (unpaired) electrons. The van der Waals surface area contributed by atoms with Crippen LogP contribution in [0.3, 0.4) is 0 Å². The molecule has 2 aromatic carbocycles. The maximum absolute atomic E-state index is 6.20. The molecule has 0 fully saturated rings. The van der Waals surface area contributed by atoms with Crippen LogP contribution in [0, 0.1) is 0 Å². The van der Waals surface area contributed by atoms with E-state index in [0.717, 1.165) is 28.2 Å². The van der Waals surface area contributed by atoms with Gasteiger partial charge in [-0.05, 0) is 36.2 Å². The summed E-state index contributed by atoms with van der Waals surface area (Å²) in [7, 11) is 0. The molecule has 29 heavy (non-hydrogen) atoms. The van der Waals surface area contributed by atoms with Crippen molar-refractivity contribution in [2.24, 2.45) is 10.1 Å². The Labute approximate surface area is 178 Å². The molecule has 0 unspecified atom stereocenters. The lowest BCUT2D eigenvalue weighted by Gasteiger charge is -2.04. The number of hydrogen-bond acceptors (Lipinski definition) is 4. The fourth-order valence-electron chi connectivity index (χ4n) is 2.86. The van der Waals surface area contributed by atoms with E-state index >= 15 is 0 Å². The molecule has 4 aromatic rings. The van der Waals surface area contributed by atoms with Gasteiger partial charge in [-0.25, -0.2) is 4.68 Å². The summed E-state index contributed by atoms with van der Waals surface area (Å²) in [6.45, 7) is 0.693. The van der Waals surface area contributed by atoms with Gasteiger partial charge in [0, 0.05) is 28.7 Å². The smallest absolute Gasteiger partial charge is 0.206 e. The van der Waals surface area contributed by atoms with E-state index in [0.29, 0.717) is 11.6 Å². The Hall–Kier alpha value is -3.02. The van der Waals surface area contributed by atoms with E-state index in [1.807, 2.05) is 53.2 Å². The van der Waals surface area contributed by atoms with Gasteiger partial charge in [-0.15, -0.1) is 11.3 Å². The van der Waals surface area contributed by atoms with Gasteiger partial charge in [0.25, 0.3) is 0 Å². The number of pyridine rings is 1. The lowest BCUT2D eigenvalue weighted by Crippen LogP contribution is -2.13. The SMILES string of the molecule is Clc1cccc(-c2csc(=NCCc3ccccc3)n2/N=C\c2ccccn2)c1. The number of aromatic nitrogens is 2. The molecule has 144 valence electrons. The summed E-state index contributed by atoms with van der Waals surface area (Å²) in [5.74, 6) is 0. The van der Waals surface area contributed by atoms with E-state index in [9.17, 15) is 0 Å². The number of thiazole rings is 1. The maximum atomic E-state index is 6.20. The van der Waals surface area contributed by atoms with Crippen molar-refractivity contribution < 1.29 is 0 Å². The molecule has 0 saturated heterocycles. The Balaban J connectivity index is 1.69. The van der Waals surface area contributed by atoms with E-state index in [1.54, 1.807) is 23.7 Å². The van der Waals surface area contributed by atoms with E-state index in [2.05, 4.69) is 39.7 Å². The molecule has 0 atom stereocenters. The van der Waals surface area contributed by atoms with Crippen LogP contribution in [-0.2, 0) is 6.42 Å². The lowest BCUT2D eigenvalue weighted by molar-refractivity contribution is 0.816. The second-order valence-electron chi connectivity index (χ2n) is 6.34. The van der Waals surface area contributed by atoms with E-state index in [1.165, 1.54) is 5.56 Å². The van der Waals surface area contributed by atoms with E-state index in [4.69, 9.17) is 16.6 Å². The number of rotatable bonds is 6. The minimum absolute atomic E-state index is 0.691. The van der Waals surface area contributed by atoms with Crippen LogP contribution in [0.2, 0.25) is 5.02 Å². The van der Waals surface area contributed by atoms with Gasteiger partial charge < -0.3 is 0 Å². The van der Waals surface area contributed by atoms with Crippen molar-refractivity contribution in [1.29, 1.82) is 0 Å². The monoisotopic (exact) mass is 418 g/mol. The van der Waals surface area contributed by atoms with Crippen LogP contribution < -0.4 is 4.80 Å². The minimum Gasteiger partial charge on any atom is -0.257 e. The highest BCUT2D eigenvalue weighted by Gasteiger charge is 2.08. The van der Waals surface area contributed by atoms with Gasteiger partial charge >= 0.3 is 0 Å². The third kappa shape index (κ3) is 5.08. The van der Waals surface area contributed by atoms with Gasteiger partial charge in [-0.1, -0.05) is 60.1 Å². The average molecular weight is 419 g/mol. The molecule has 0 spiro atoms. The van der Waals surface area contributed by atoms with Crippen molar-refractivity contribution >= 4 is 29.2 Å². The molecular weight excluding hydrogens is 400 g/mol. The number of benzene rings is 2. The first-order chi connectivity index (χ1) is 14.3. The Morgan fingerprint density at radius 3 is 2.66 bits per heavy atom. The second kappa shape index (κ2) is 9.45. The summed E-state index contributed by atoms with van der Waals surface area (Å²) in [6.07, 6.45) is 4.38. The molecule has 0 N–H and O–H groups in total. The molecule has 0 bridgehead atoms. The number of nitrogens with zero attached hydrogens (tertiary/aromatic N) is 4. The van der Waals surface area contributed by atoms with Crippen molar-refractivity contribution in [3.63, 3.8) is 0 Å². The van der Waals surface area contributed by atoms with Crippen molar-refractivity contribution in [3.05, 3.63) is 105 Å². The van der Waals surface area contributed by atoms with Crippen LogP contribution in [0.1, 0.15) is 11.3 Å². The maximum Gasteiger partial charge on any atom is 0.206 e. The van der Waals surface area contributed by atoms with E-state index in [-0.39, 0.29) is 0 Å². The molecule has 0 amide bonds. The van der Waals surface area contributed by atoms with Gasteiger partial charge in [0.05, 0.1) is 17.6 Å². The van der Waals surface area contributed by atoms with Gasteiger partial charge in [0.2, 0.25) is 4.80 Å². The van der Waals surface area contributed by atoms with E-state index < -0.39 is 0 Å². The van der Waals surface area contributed by atoms with Crippen LogP contribution >= 0.6 is 22.9 Å². The molecule has 0 aliphatic carbocycles. The fourth-order valence-corrected chi connectivity index (χ4v) is 3.91. The standard InChI is InChI=1S/C23H19ClN4S/c24-20-10-6-9-19(15-20)22-17-29-23(26-14-12-18-7-2-1-3-8-18)28(22)27-16-21-11-4-5-13-25-21/h1-11,13,15-17H,12,14H2/b26-23?,27-16-. The number of hydrogen-bond donors (Lipinski definition) is 0. The summed E-state index contributed by atoms with van der Waals surface area (Å²) in [6, 6.07) is 23.9. The molecule has 4 rings (SSSR count). The molecule has 6 heteroatoms.